The van der Waals surface area contributed by atoms with Gasteiger partial charge in [0.05, 0.1) is 19.1 Å². The van der Waals surface area contributed by atoms with Crippen LogP contribution in [0.3, 0.4) is 0 Å². The van der Waals surface area contributed by atoms with Crippen molar-refractivity contribution in [3.05, 3.63) is 71.3 Å². The van der Waals surface area contributed by atoms with Gasteiger partial charge in [-0.3, -0.25) is 9.69 Å². The summed E-state index contributed by atoms with van der Waals surface area (Å²) in [7, 11) is 0. The molecule has 2 atom stereocenters. The minimum atomic E-state index is -0.508. The van der Waals surface area contributed by atoms with Crippen molar-refractivity contribution >= 4 is 5.97 Å². The average molecular weight is 367 g/mol. The van der Waals surface area contributed by atoms with Gasteiger partial charge in [-0.1, -0.05) is 54.6 Å². The molecule has 1 heterocycles. The maximum Gasteiger partial charge on any atom is 0.308 e. The number of hydrogen-bond donors (Lipinski definition) is 1. The number of ether oxygens (including phenoxy) is 1. The second kappa shape index (κ2) is 8.24. The molecule has 1 aliphatic heterocycles. The maximum atomic E-state index is 12.6. The summed E-state index contributed by atoms with van der Waals surface area (Å²) >= 11 is 0. The van der Waals surface area contributed by atoms with E-state index in [1.807, 2.05) is 63.2 Å². The molecular weight excluding hydrogens is 338 g/mol. The van der Waals surface area contributed by atoms with Crippen LogP contribution < -0.4 is 0 Å². The van der Waals surface area contributed by atoms with Crippen LogP contribution >= 0.6 is 0 Å². The highest BCUT2D eigenvalue weighted by molar-refractivity contribution is 5.71. The van der Waals surface area contributed by atoms with Gasteiger partial charge in [0.25, 0.3) is 0 Å². The third-order valence-electron chi connectivity index (χ3n) is 4.99. The lowest BCUT2D eigenvalue weighted by Crippen LogP contribution is -2.41. The van der Waals surface area contributed by atoms with Crippen LogP contribution in [0.25, 0.3) is 0 Å². The topological polar surface area (TPSA) is 49.8 Å². The van der Waals surface area contributed by atoms with Crippen molar-refractivity contribution in [2.45, 2.75) is 51.3 Å². The van der Waals surface area contributed by atoms with Crippen molar-refractivity contribution < 1.29 is 14.6 Å². The Morgan fingerprint density at radius 1 is 1.15 bits per heavy atom. The predicted octanol–water partition coefficient (Wildman–Crippen LogP) is 4.05. The molecular formula is C23H29NO3. The van der Waals surface area contributed by atoms with Gasteiger partial charge in [0.1, 0.15) is 5.60 Å². The zero-order chi connectivity index (χ0) is 19.4. The van der Waals surface area contributed by atoms with Gasteiger partial charge in [-0.25, -0.2) is 0 Å². The van der Waals surface area contributed by atoms with E-state index in [0.29, 0.717) is 0 Å². The first-order chi connectivity index (χ1) is 12.9. The Labute approximate surface area is 161 Å². The summed E-state index contributed by atoms with van der Waals surface area (Å²) in [5.74, 6) is -0.209. The molecule has 0 radical (unpaired) electrons. The van der Waals surface area contributed by atoms with Gasteiger partial charge >= 0.3 is 5.97 Å². The Balaban J connectivity index is 1.93. The number of aliphatic hydroxyl groups is 1. The quantitative estimate of drug-likeness (QED) is 0.810. The Morgan fingerprint density at radius 2 is 1.81 bits per heavy atom. The minimum absolute atomic E-state index is 0.0109. The predicted molar refractivity (Wildman–Crippen MR) is 106 cm³/mol. The van der Waals surface area contributed by atoms with Gasteiger partial charge in [0.2, 0.25) is 0 Å². The summed E-state index contributed by atoms with van der Waals surface area (Å²) in [6.45, 7) is 6.47. The Bertz CT molecular complexity index is 767. The first-order valence-electron chi connectivity index (χ1n) is 9.60. The normalized spacial score (nSPS) is 18.6. The minimum Gasteiger partial charge on any atom is -0.460 e. The Morgan fingerprint density at radius 3 is 2.48 bits per heavy atom. The van der Waals surface area contributed by atoms with Crippen LogP contribution in [0.5, 0.6) is 0 Å². The molecule has 0 fully saturated rings. The summed E-state index contributed by atoms with van der Waals surface area (Å²) in [6, 6.07) is 18.0. The van der Waals surface area contributed by atoms with Crippen LogP contribution in [0.15, 0.2) is 54.6 Å². The van der Waals surface area contributed by atoms with Crippen LogP contribution in [0.2, 0.25) is 0 Å². The Hall–Kier alpha value is -2.17. The number of hydrogen-bond acceptors (Lipinski definition) is 4. The fourth-order valence-corrected chi connectivity index (χ4v) is 3.89. The van der Waals surface area contributed by atoms with E-state index in [9.17, 15) is 9.90 Å². The molecule has 0 bridgehead atoms. The third kappa shape index (κ3) is 4.76. The first kappa shape index (κ1) is 19.6. The lowest BCUT2D eigenvalue weighted by molar-refractivity contribution is -0.157. The number of benzene rings is 2. The van der Waals surface area contributed by atoms with Crippen molar-refractivity contribution in [3.8, 4) is 0 Å². The average Bonchev–Trinajstić information content (AvgIpc) is 2.63. The highest BCUT2D eigenvalue weighted by Gasteiger charge is 2.35. The fraction of sp³-hybridized carbons (Fsp3) is 0.435. The van der Waals surface area contributed by atoms with Crippen molar-refractivity contribution in [2.24, 2.45) is 0 Å². The molecule has 0 aromatic heterocycles. The second-order valence-electron chi connectivity index (χ2n) is 8.10. The molecule has 4 heteroatoms. The molecule has 2 aromatic carbocycles. The van der Waals surface area contributed by atoms with E-state index >= 15 is 0 Å². The first-order valence-corrected chi connectivity index (χ1v) is 9.60. The van der Waals surface area contributed by atoms with Gasteiger partial charge in [-0.05, 0) is 43.9 Å². The van der Waals surface area contributed by atoms with Crippen LogP contribution in [-0.4, -0.2) is 34.7 Å². The van der Waals surface area contributed by atoms with Gasteiger partial charge in [0.15, 0.2) is 0 Å². The highest BCUT2D eigenvalue weighted by Crippen LogP contribution is 2.38. The number of aliphatic hydroxyl groups excluding tert-OH is 1. The standard InChI is InChI=1S/C23H29NO3/c1-23(2,3)27-22(26)15-20-19-12-8-7-9-17(19)13-14-24(20)21(16-25)18-10-5-4-6-11-18/h4-12,20-21,25H,13-16H2,1-3H3/t20-,21-/m0/s1. The maximum absolute atomic E-state index is 12.6. The molecule has 1 aliphatic rings. The van der Waals surface area contributed by atoms with Crippen LogP contribution in [0.4, 0.5) is 0 Å². The summed E-state index contributed by atoms with van der Waals surface area (Å²) in [6.07, 6.45) is 1.18. The van der Waals surface area contributed by atoms with Gasteiger partial charge in [0, 0.05) is 12.6 Å². The molecule has 0 aliphatic carbocycles. The van der Waals surface area contributed by atoms with Crippen molar-refractivity contribution in [1.29, 1.82) is 0 Å². The molecule has 3 rings (SSSR count). The van der Waals surface area contributed by atoms with E-state index in [-0.39, 0.29) is 31.1 Å². The summed E-state index contributed by atoms with van der Waals surface area (Å²) < 4.78 is 5.59. The molecule has 27 heavy (non-hydrogen) atoms. The number of carbonyl (C=O) groups excluding carboxylic acids is 1. The van der Waals surface area contributed by atoms with E-state index in [0.717, 1.165) is 24.1 Å². The smallest absolute Gasteiger partial charge is 0.308 e. The van der Waals surface area contributed by atoms with Gasteiger partial charge < -0.3 is 9.84 Å². The lowest BCUT2D eigenvalue weighted by Gasteiger charge is -2.42. The highest BCUT2D eigenvalue weighted by atomic mass is 16.6. The zero-order valence-electron chi connectivity index (χ0n) is 16.4. The molecule has 4 nitrogen and oxygen atoms in total. The molecule has 0 saturated heterocycles. The largest absolute Gasteiger partial charge is 0.460 e. The van der Waals surface area contributed by atoms with E-state index in [1.165, 1.54) is 5.56 Å². The molecule has 0 saturated carbocycles. The lowest BCUT2D eigenvalue weighted by atomic mass is 9.88. The monoisotopic (exact) mass is 367 g/mol. The number of rotatable bonds is 5. The molecule has 144 valence electrons. The molecule has 0 spiro atoms. The van der Waals surface area contributed by atoms with E-state index in [2.05, 4.69) is 17.0 Å². The molecule has 0 amide bonds. The molecule has 2 aromatic rings. The molecule has 0 unspecified atom stereocenters. The summed E-state index contributed by atoms with van der Waals surface area (Å²) in [5, 5.41) is 10.2. The number of fused-ring (bicyclic) bond motifs is 1. The van der Waals surface area contributed by atoms with Crippen LogP contribution in [0.1, 0.15) is 56.0 Å². The second-order valence-corrected chi connectivity index (χ2v) is 8.10. The number of carbonyl (C=O) groups is 1. The van der Waals surface area contributed by atoms with Crippen molar-refractivity contribution in [2.75, 3.05) is 13.2 Å². The van der Waals surface area contributed by atoms with E-state index < -0.39 is 5.60 Å². The van der Waals surface area contributed by atoms with Crippen molar-refractivity contribution in [3.63, 3.8) is 0 Å². The Kier molecular flexibility index (Phi) is 5.98. The van der Waals surface area contributed by atoms with E-state index in [4.69, 9.17) is 4.74 Å². The van der Waals surface area contributed by atoms with Crippen LogP contribution in [0, 0.1) is 0 Å². The summed E-state index contributed by atoms with van der Waals surface area (Å²) in [5.41, 5.74) is 2.98. The third-order valence-corrected chi connectivity index (χ3v) is 4.99. The van der Waals surface area contributed by atoms with Crippen molar-refractivity contribution in [1.82, 2.24) is 4.90 Å². The fourth-order valence-electron chi connectivity index (χ4n) is 3.89. The number of esters is 1. The SMILES string of the molecule is CC(C)(C)OC(=O)C[C@H]1c2ccccc2CCN1[C@@H](CO)c1ccccc1. The van der Waals surface area contributed by atoms with Gasteiger partial charge in [-0.2, -0.15) is 0 Å². The zero-order valence-corrected chi connectivity index (χ0v) is 16.4. The van der Waals surface area contributed by atoms with Crippen LogP contribution in [-0.2, 0) is 16.0 Å². The molecule has 1 N–H and O–H groups in total. The summed E-state index contributed by atoms with van der Waals surface area (Å²) in [4.78, 5) is 14.9. The number of nitrogens with zero attached hydrogens (tertiary/aromatic N) is 1. The van der Waals surface area contributed by atoms with Gasteiger partial charge in [-0.15, -0.1) is 0 Å². The van der Waals surface area contributed by atoms with E-state index in [1.54, 1.807) is 0 Å².